The van der Waals surface area contributed by atoms with Crippen LogP contribution in [-0.2, 0) is 9.53 Å². The second-order valence-electron chi connectivity index (χ2n) is 5.64. The summed E-state index contributed by atoms with van der Waals surface area (Å²) in [6, 6.07) is 0. The zero-order chi connectivity index (χ0) is 16.3. The lowest BCUT2D eigenvalue weighted by Crippen LogP contribution is -2.57. The van der Waals surface area contributed by atoms with Gasteiger partial charge in [-0.25, -0.2) is 0 Å². The lowest BCUT2D eigenvalue weighted by Gasteiger charge is -2.41. The number of allylic oxidation sites excluding steroid dienone is 5. The molecule has 120 valence electrons. The van der Waals surface area contributed by atoms with E-state index in [1.165, 1.54) is 6.08 Å². The van der Waals surface area contributed by atoms with Gasteiger partial charge in [-0.05, 0) is 6.42 Å². The SMILES string of the molecule is C=C1OC(=O)C2(C(C=CC=CCCC)C=CC(O)C2O)C1O. The van der Waals surface area contributed by atoms with E-state index in [2.05, 4.69) is 13.5 Å². The monoisotopic (exact) mass is 306 g/mol. The lowest BCUT2D eigenvalue weighted by atomic mass is 9.63. The first-order valence-corrected chi connectivity index (χ1v) is 7.43. The van der Waals surface area contributed by atoms with E-state index < -0.39 is 35.6 Å². The van der Waals surface area contributed by atoms with E-state index in [-0.39, 0.29) is 5.76 Å². The van der Waals surface area contributed by atoms with E-state index in [1.54, 1.807) is 18.2 Å². The first kappa shape index (κ1) is 16.7. The van der Waals surface area contributed by atoms with E-state index in [1.807, 2.05) is 12.2 Å². The third-order valence-electron chi connectivity index (χ3n) is 4.24. The van der Waals surface area contributed by atoms with Crippen LogP contribution in [0.2, 0.25) is 0 Å². The first-order valence-electron chi connectivity index (χ1n) is 7.43. The molecule has 0 aromatic rings. The van der Waals surface area contributed by atoms with E-state index >= 15 is 0 Å². The molecule has 5 unspecified atom stereocenters. The number of ether oxygens (including phenoxy) is 1. The van der Waals surface area contributed by atoms with Crippen molar-refractivity contribution in [3.63, 3.8) is 0 Å². The average Bonchev–Trinajstić information content (AvgIpc) is 2.71. The number of esters is 1. The molecule has 1 spiro atoms. The van der Waals surface area contributed by atoms with Crippen LogP contribution in [0.4, 0.5) is 0 Å². The zero-order valence-electron chi connectivity index (χ0n) is 12.6. The highest BCUT2D eigenvalue weighted by Gasteiger charge is 2.64. The molecule has 1 heterocycles. The largest absolute Gasteiger partial charge is 0.428 e. The molecule has 2 rings (SSSR count). The molecule has 0 aromatic heterocycles. The summed E-state index contributed by atoms with van der Waals surface area (Å²) in [5, 5.41) is 30.5. The van der Waals surface area contributed by atoms with Gasteiger partial charge in [0.05, 0.1) is 6.10 Å². The van der Waals surface area contributed by atoms with E-state index in [0.717, 1.165) is 12.8 Å². The number of unbranched alkanes of at least 4 members (excludes halogenated alkanes) is 1. The van der Waals surface area contributed by atoms with Crippen molar-refractivity contribution in [2.45, 2.75) is 38.1 Å². The van der Waals surface area contributed by atoms with Crippen LogP contribution >= 0.6 is 0 Å². The predicted molar refractivity (Wildman–Crippen MR) is 81.5 cm³/mol. The summed E-state index contributed by atoms with van der Waals surface area (Å²) in [6.45, 7) is 5.57. The van der Waals surface area contributed by atoms with Crippen LogP contribution in [0.5, 0.6) is 0 Å². The molecule has 22 heavy (non-hydrogen) atoms. The van der Waals surface area contributed by atoms with Crippen molar-refractivity contribution in [2.75, 3.05) is 0 Å². The number of hydrogen-bond acceptors (Lipinski definition) is 5. The van der Waals surface area contributed by atoms with Crippen LogP contribution in [0.25, 0.3) is 0 Å². The molecule has 1 aliphatic heterocycles. The van der Waals surface area contributed by atoms with Gasteiger partial charge in [0, 0.05) is 5.92 Å². The highest BCUT2D eigenvalue weighted by atomic mass is 16.6. The quantitative estimate of drug-likeness (QED) is 0.413. The number of aliphatic hydroxyl groups is 3. The number of cyclic esters (lactones) is 1. The Morgan fingerprint density at radius 3 is 2.64 bits per heavy atom. The fraction of sp³-hybridized carbons (Fsp3) is 0.471. The van der Waals surface area contributed by atoms with Crippen molar-refractivity contribution >= 4 is 5.97 Å². The van der Waals surface area contributed by atoms with Gasteiger partial charge in [-0.15, -0.1) is 0 Å². The molecule has 5 nitrogen and oxygen atoms in total. The molecular formula is C17H22O5. The number of rotatable bonds is 4. The molecule has 1 fully saturated rings. The van der Waals surface area contributed by atoms with Gasteiger partial charge in [-0.3, -0.25) is 4.79 Å². The van der Waals surface area contributed by atoms with Crippen molar-refractivity contribution in [3.05, 3.63) is 48.8 Å². The maximum absolute atomic E-state index is 12.3. The summed E-state index contributed by atoms with van der Waals surface area (Å²) >= 11 is 0. The van der Waals surface area contributed by atoms with Gasteiger partial charge in [0.1, 0.15) is 23.4 Å². The van der Waals surface area contributed by atoms with E-state index in [0.29, 0.717) is 0 Å². The second-order valence-corrected chi connectivity index (χ2v) is 5.64. The summed E-state index contributed by atoms with van der Waals surface area (Å²) in [4.78, 5) is 12.3. The minimum Gasteiger partial charge on any atom is -0.428 e. The molecule has 0 bridgehead atoms. The fourth-order valence-corrected chi connectivity index (χ4v) is 2.97. The highest BCUT2D eigenvalue weighted by Crippen LogP contribution is 2.49. The molecule has 0 aromatic carbocycles. The molecule has 5 heteroatoms. The molecule has 0 radical (unpaired) electrons. The Morgan fingerprint density at radius 2 is 2.05 bits per heavy atom. The molecular weight excluding hydrogens is 284 g/mol. The second kappa shape index (κ2) is 6.60. The van der Waals surface area contributed by atoms with Crippen molar-refractivity contribution in [2.24, 2.45) is 11.3 Å². The van der Waals surface area contributed by atoms with Gasteiger partial charge in [-0.2, -0.15) is 0 Å². The van der Waals surface area contributed by atoms with Gasteiger partial charge in [0.15, 0.2) is 0 Å². The Kier molecular flexibility index (Phi) is 5.01. The van der Waals surface area contributed by atoms with Crippen LogP contribution in [-0.4, -0.2) is 39.6 Å². The summed E-state index contributed by atoms with van der Waals surface area (Å²) in [6.07, 6.45) is 8.23. The predicted octanol–water partition coefficient (Wildman–Crippen LogP) is 1.22. The zero-order valence-corrected chi connectivity index (χ0v) is 12.6. The Balaban J connectivity index is 2.36. The Morgan fingerprint density at radius 1 is 1.32 bits per heavy atom. The smallest absolute Gasteiger partial charge is 0.324 e. The molecule has 5 atom stereocenters. The van der Waals surface area contributed by atoms with Gasteiger partial charge >= 0.3 is 5.97 Å². The molecule has 1 saturated heterocycles. The first-order chi connectivity index (χ1) is 10.5. The summed E-state index contributed by atoms with van der Waals surface area (Å²) in [5.74, 6) is -1.47. The number of hydrogen-bond donors (Lipinski definition) is 3. The van der Waals surface area contributed by atoms with Crippen molar-refractivity contribution in [1.29, 1.82) is 0 Å². The van der Waals surface area contributed by atoms with Crippen LogP contribution in [0, 0.1) is 11.3 Å². The van der Waals surface area contributed by atoms with Gasteiger partial charge < -0.3 is 20.1 Å². The van der Waals surface area contributed by atoms with Gasteiger partial charge in [-0.1, -0.05) is 56.4 Å². The van der Waals surface area contributed by atoms with Gasteiger partial charge in [0.25, 0.3) is 0 Å². The van der Waals surface area contributed by atoms with Crippen LogP contribution in [0.1, 0.15) is 19.8 Å². The minimum atomic E-state index is -1.65. The standard InChI is InChI=1S/C17H22O5/c1-3-4-5-6-7-8-12-9-10-13(18)15(20)17(12)14(19)11(2)22-16(17)21/h5-10,12-15,18-20H,2-4H2,1H3. The maximum Gasteiger partial charge on any atom is 0.324 e. The van der Waals surface area contributed by atoms with E-state index in [4.69, 9.17) is 4.74 Å². The summed E-state index contributed by atoms with van der Waals surface area (Å²) in [7, 11) is 0. The Bertz CT molecular complexity index is 533. The van der Waals surface area contributed by atoms with Crippen molar-refractivity contribution in [1.82, 2.24) is 0 Å². The fourth-order valence-electron chi connectivity index (χ4n) is 2.97. The van der Waals surface area contributed by atoms with E-state index in [9.17, 15) is 20.1 Å². The topological polar surface area (TPSA) is 87.0 Å². The Labute approximate surface area is 129 Å². The number of carbonyl (C=O) groups is 1. The molecule has 2 aliphatic rings. The maximum atomic E-state index is 12.3. The third-order valence-corrected chi connectivity index (χ3v) is 4.24. The molecule has 0 amide bonds. The number of carbonyl (C=O) groups excluding carboxylic acids is 1. The van der Waals surface area contributed by atoms with Crippen LogP contribution in [0.15, 0.2) is 48.8 Å². The molecule has 3 N–H and O–H groups in total. The molecule has 0 saturated carbocycles. The summed E-state index contributed by atoms with van der Waals surface area (Å²) in [5.41, 5.74) is -1.65. The normalized spacial score (nSPS) is 38.5. The lowest BCUT2D eigenvalue weighted by molar-refractivity contribution is -0.164. The molecule has 1 aliphatic carbocycles. The highest BCUT2D eigenvalue weighted by molar-refractivity contribution is 5.84. The number of aliphatic hydroxyl groups excluding tert-OH is 3. The average molecular weight is 306 g/mol. The summed E-state index contributed by atoms with van der Waals surface area (Å²) < 4.78 is 4.92. The van der Waals surface area contributed by atoms with Crippen LogP contribution in [0.3, 0.4) is 0 Å². The Hall–Kier alpha value is -1.69. The van der Waals surface area contributed by atoms with Gasteiger partial charge in [0.2, 0.25) is 0 Å². The van der Waals surface area contributed by atoms with Crippen molar-refractivity contribution in [3.8, 4) is 0 Å². The van der Waals surface area contributed by atoms with Crippen molar-refractivity contribution < 1.29 is 24.9 Å². The third kappa shape index (κ3) is 2.56. The van der Waals surface area contributed by atoms with Crippen LogP contribution < -0.4 is 0 Å². The minimum absolute atomic E-state index is 0.105.